The first kappa shape index (κ1) is 21.1. The standard InChI is InChI=1S/C20H22ClN3O4S/c1-13(25)23-11-19(26)22-8-2-3-16-10-24-20(29-16)28-18-7-6-15(9-17(18)21)27-12-14-4-5-14/h2-3,6-7,9-10,14H,4-5,8,11-12H2,1H3,(H,22,26)(H,23,25)/b3-2+. The Hall–Kier alpha value is -2.58. The van der Waals surface area contributed by atoms with Crippen molar-refractivity contribution in [3.05, 3.63) is 40.4 Å². The molecule has 3 rings (SSSR count). The molecule has 2 aromatic rings. The van der Waals surface area contributed by atoms with Gasteiger partial charge in [0.1, 0.15) is 11.5 Å². The molecule has 0 saturated heterocycles. The largest absolute Gasteiger partial charge is 0.493 e. The van der Waals surface area contributed by atoms with Crippen LogP contribution in [0.2, 0.25) is 5.02 Å². The fourth-order valence-corrected chi connectivity index (χ4v) is 3.17. The molecule has 1 saturated carbocycles. The number of carbonyl (C=O) groups is 2. The summed E-state index contributed by atoms with van der Waals surface area (Å²) >= 11 is 7.64. The number of hydrogen-bond donors (Lipinski definition) is 2. The highest BCUT2D eigenvalue weighted by Gasteiger charge is 2.22. The molecule has 0 radical (unpaired) electrons. The maximum Gasteiger partial charge on any atom is 0.279 e. The van der Waals surface area contributed by atoms with Gasteiger partial charge in [-0.25, -0.2) is 4.98 Å². The third-order valence-electron chi connectivity index (χ3n) is 3.98. The van der Waals surface area contributed by atoms with Gasteiger partial charge in [0.15, 0.2) is 0 Å². The van der Waals surface area contributed by atoms with E-state index in [1.54, 1.807) is 24.4 Å². The van der Waals surface area contributed by atoms with Gasteiger partial charge >= 0.3 is 0 Å². The number of nitrogens with zero attached hydrogens (tertiary/aromatic N) is 1. The molecule has 2 N–H and O–H groups in total. The van der Waals surface area contributed by atoms with Crippen LogP contribution in [0.3, 0.4) is 0 Å². The van der Waals surface area contributed by atoms with Crippen LogP contribution in [0.25, 0.3) is 6.08 Å². The van der Waals surface area contributed by atoms with Gasteiger partial charge in [-0.15, -0.1) is 0 Å². The zero-order valence-corrected chi connectivity index (χ0v) is 17.5. The fraction of sp³-hybridized carbons (Fsp3) is 0.350. The Labute approximate surface area is 178 Å². The van der Waals surface area contributed by atoms with Crippen LogP contribution < -0.4 is 20.1 Å². The molecule has 0 unspecified atom stereocenters. The Kier molecular flexibility index (Phi) is 7.48. The number of aromatic nitrogens is 1. The van der Waals surface area contributed by atoms with Gasteiger partial charge in [-0.1, -0.05) is 29.0 Å². The van der Waals surface area contributed by atoms with E-state index in [9.17, 15) is 9.59 Å². The topological polar surface area (TPSA) is 89.6 Å². The molecule has 0 aliphatic heterocycles. The first-order valence-electron chi connectivity index (χ1n) is 9.23. The number of thiazole rings is 1. The van der Waals surface area contributed by atoms with Crippen LogP contribution in [0, 0.1) is 5.92 Å². The van der Waals surface area contributed by atoms with Crippen molar-refractivity contribution >= 4 is 40.8 Å². The van der Waals surface area contributed by atoms with E-state index in [-0.39, 0.29) is 18.4 Å². The van der Waals surface area contributed by atoms with E-state index in [4.69, 9.17) is 21.1 Å². The second kappa shape index (κ2) is 10.3. The SMILES string of the molecule is CC(=O)NCC(=O)NC/C=C/c1cnc(Oc2ccc(OCC3CC3)cc2Cl)s1. The second-order valence-electron chi connectivity index (χ2n) is 6.59. The lowest BCUT2D eigenvalue weighted by molar-refractivity contribution is -0.124. The van der Waals surface area contributed by atoms with E-state index in [1.165, 1.54) is 31.1 Å². The minimum Gasteiger partial charge on any atom is -0.493 e. The van der Waals surface area contributed by atoms with Gasteiger partial charge < -0.3 is 20.1 Å². The first-order valence-corrected chi connectivity index (χ1v) is 10.4. The molecule has 1 aliphatic rings. The molecule has 29 heavy (non-hydrogen) atoms. The van der Waals surface area contributed by atoms with Gasteiger partial charge in [0.2, 0.25) is 11.8 Å². The Balaban J connectivity index is 1.45. The predicted molar refractivity (Wildman–Crippen MR) is 113 cm³/mol. The van der Waals surface area contributed by atoms with E-state index in [1.807, 2.05) is 12.1 Å². The molecule has 1 aromatic carbocycles. The number of rotatable bonds is 10. The van der Waals surface area contributed by atoms with Crippen molar-refractivity contribution in [3.63, 3.8) is 0 Å². The van der Waals surface area contributed by atoms with Crippen LogP contribution in [-0.4, -0.2) is 36.5 Å². The van der Waals surface area contributed by atoms with Gasteiger partial charge in [-0.05, 0) is 37.0 Å². The van der Waals surface area contributed by atoms with Crippen molar-refractivity contribution in [3.8, 4) is 16.7 Å². The summed E-state index contributed by atoms with van der Waals surface area (Å²) in [6, 6.07) is 5.35. The van der Waals surface area contributed by atoms with E-state index in [2.05, 4.69) is 15.6 Å². The van der Waals surface area contributed by atoms with Crippen molar-refractivity contribution < 1.29 is 19.1 Å². The third kappa shape index (κ3) is 7.40. The molecule has 1 aromatic heterocycles. The second-order valence-corrected chi connectivity index (χ2v) is 8.03. The van der Waals surface area contributed by atoms with Crippen molar-refractivity contribution in [1.82, 2.24) is 15.6 Å². The van der Waals surface area contributed by atoms with E-state index in [0.717, 1.165) is 17.2 Å². The average molecular weight is 436 g/mol. The molecular weight excluding hydrogens is 414 g/mol. The van der Waals surface area contributed by atoms with Crippen LogP contribution >= 0.6 is 22.9 Å². The van der Waals surface area contributed by atoms with Gasteiger partial charge in [0.05, 0.1) is 23.1 Å². The average Bonchev–Trinajstić information content (AvgIpc) is 3.42. The number of carbonyl (C=O) groups excluding carboxylic acids is 2. The lowest BCUT2D eigenvalue weighted by Crippen LogP contribution is -2.35. The van der Waals surface area contributed by atoms with Crippen molar-refractivity contribution in [2.45, 2.75) is 19.8 Å². The smallest absolute Gasteiger partial charge is 0.279 e. The third-order valence-corrected chi connectivity index (χ3v) is 5.12. The first-order chi connectivity index (χ1) is 14.0. The Morgan fingerprint density at radius 1 is 1.34 bits per heavy atom. The summed E-state index contributed by atoms with van der Waals surface area (Å²) in [6.07, 6.45) is 7.77. The van der Waals surface area contributed by atoms with Gasteiger partial charge in [-0.3, -0.25) is 9.59 Å². The summed E-state index contributed by atoms with van der Waals surface area (Å²) < 4.78 is 11.5. The highest BCUT2D eigenvalue weighted by atomic mass is 35.5. The molecule has 0 spiro atoms. The summed E-state index contributed by atoms with van der Waals surface area (Å²) in [6.45, 7) is 2.40. The van der Waals surface area contributed by atoms with Crippen LogP contribution in [0.5, 0.6) is 16.7 Å². The summed E-state index contributed by atoms with van der Waals surface area (Å²) in [5, 5.41) is 6.04. The minimum absolute atomic E-state index is 0.0348. The van der Waals surface area contributed by atoms with Gasteiger partial charge in [-0.2, -0.15) is 0 Å². The molecule has 9 heteroatoms. The molecule has 1 aliphatic carbocycles. The zero-order valence-electron chi connectivity index (χ0n) is 15.9. The normalized spacial score (nSPS) is 13.3. The van der Waals surface area contributed by atoms with E-state index in [0.29, 0.717) is 28.4 Å². The summed E-state index contributed by atoms with van der Waals surface area (Å²) in [4.78, 5) is 27.3. The molecular formula is C20H22ClN3O4S. The highest BCUT2D eigenvalue weighted by molar-refractivity contribution is 7.14. The Morgan fingerprint density at radius 3 is 2.90 bits per heavy atom. The molecule has 2 amide bonds. The molecule has 154 valence electrons. The van der Waals surface area contributed by atoms with Crippen LogP contribution in [0.15, 0.2) is 30.5 Å². The molecule has 1 fully saturated rings. The Morgan fingerprint density at radius 2 is 2.17 bits per heavy atom. The van der Waals surface area contributed by atoms with Gasteiger partial charge in [0, 0.05) is 25.7 Å². The quantitative estimate of drug-likeness (QED) is 0.594. The van der Waals surface area contributed by atoms with Crippen LogP contribution in [0.4, 0.5) is 0 Å². The van der Waals surface area contributed by atoms with Crippen molar-refractivity contribution in [2.75, 3.05) is 19.7 Å². The maximum atomic E-state index is 11.5. The number of hydrogen-bond acceptors (Lipinski definition) is 6. The summed E-state index contributed by atoms with van der Waals surface area (Å²) in [7, 11) is 0. The number of benzene rings is 1. The van der Waals surface area contributed by atoms with Crippen LogP contribution in [-0.2, 0) is 9.59 Å². The van der Waals surface area contributed by atoms with Crippen molar-refractivity contribution in [2.24, 2.45) is 5.92 Å². The lowest BCUT2D eigenvalue weighted by Gasteiger charge is -2.08. The van der Waals surface area contributed by atoms with Crippen LogP contribution in [0.1, 0.15) is 24.6 Å². The summed E-state index contributed by atoms with van der Waals surface area (Å²) in [5.41, 5.74) is 0. The fourth-order valence-electron chi connectivity index (χ4n) is 2.26. The zero-order chi connectivity index (χ0) is 20.6. The molecule has 0 bridgehead atoms. The number of nitrogens with one attached hydrogen (secondary N) is 2. The van der Waals surface area contributed by atoms with E-state index < -0.39 is 0 Å². The van der Waals surface area contributed by atoms with Gasteiger partial charge in [0.25, 0.3) is 5.19 Å². The Bertz CT molecular complexity index is 896. The molecule has 1 heterocycles. The number of ether oxygens (including phenoxy) is 2. The predicted octanol–water partition coefficient (Wildman–Crippen LogP) is 3.64. The molecule has 7 nitrogen and oxygen atoms in total. The monoisotopic (exact) mass is 435 g/mol. The maximum absolute atomic E-state index is 11.5. The lowest BCUT2D eigenvalue weighted by atomic mass is 10.3. The number of halogens is 1. The van der Waals surface area contributed by atoms with Crippen molar-refractivity contribution in [1.29, 1.82) is 0 Å². The molecule has 0 atom stereocenters. The number of amides is 2. The van der Waals surface area contributed by atoms with E-state index >= 15 is 0 Å². The highest BCUT2D eigenvalue weighted by Crippen LogP contribution is 2.35. The summed E-state index contributed by atoms with van der Waals surface area (Å²) in [5.74, 6) is 1.43. The minimum atomic E-state index is -0.252.